The Kier molecular flexibility index (Phi) is 4.99. The second kappa shape index (κ2) is 6.95. The largest absolute Gasteiger partial charge is 0.312 e. The van der Waals surface area contributed by atoms with Gasteiger partial charge in [0.05, 0.1) is 0 Å². The standard InChI is InChI=1S/C18H22ClNS/c1-20-16(11-13-6-5-8-15(19)10-13)18-12-14-7-3-2-4-9-17(14)21-18/h5-6,8,10,12,16,20H,2-4,7,9,11H2,1H3. The van der Waals surface area contributed by atoms with Gasteiger partial charge in [0.25, 0.3) is 0 Å². The van der Waals surface area contributed by atoms with Crippen molar-refractivity contribution < 1.29 is 0 Å². The van der Waals surface area contributed by atoms with Crippen molar-refractivity contribution in [2.75, 3.05) is 7.05 Å². The number of rotatable bonds is 4. The Morgan fingerprint density at radius 3 is 2.86 bits per heavy atom. The Labute approximate surface area is 136 Å². The summed E-state index contributed by atoms with van der Waals surface area (Å²) in [5.74, 6) is 0. The van der Waals surface area contributed by atoms with Crippen molar-refractivity contribution in [2.24, 2.45) is 0 Å². The lowest BCUT2D eigenvalue weighted by Crippen LogP contribution is -2.17. The maximum Gasteiger partial charge on any atom is 0.0453 e. The van der Waals surface area contributed by atoms with E-state index >= 15 is 0 Å². The van der Waals surface area contributed by atoms with E-state index in [1.807, 2.05) is 23.5 Å². The summed E-state index contributed by atoms with van der Waals surface area (Å²) >= 11 is 8.11. The number of thiophene rings is 1. The number of fused-ring (bicyclic) bond motifs is 1. The summed E-state index contributed by atoms with van der Waals surface area (Å²) in [6.45, 7) is 0. The number of hydrogen-bond acceptors (Lipinski definition) is 2. The molecule has 1 atom stereocenters. The lowest BCUT2D eigenvalue weighted by Gasteiger charge is -2.15. The summed E-state index contributed by atoms with van der Waals surface area (Å²) in [5, 5.41) is 4.30. The number of aryl methyl sites for hydroxylation is 2. The molecule has 1 heterocycles. The zero-order valence-electron chi connectivity index (χ0n) is 12.5. The fourth-order valence-corrected chi connectivity index (χ4v) is 4.69. The minimum absolute atomic E-state index is 0.389. The van der Waals surface area contributed by atoms with Crippen LogP contribution in [0, 0.1) is 0 Å². The van der Waals surface area contributed by atoms with Crippen LogP contribution in [0.1, 0.15) is 46.2 Å². The van der Waals surface area contributed by atoms with Crippen LogP contribution in [0.4, 0.5) is 0 Å². The number of benzene rings is 1. The predicted octanol–water partition coefficient (Wildman–Crippen LogP) is 5.17. The van der Waals surface area contributed by atoms with Gasteiger partial charge in [-0.3, -0.25) is 0 Å². The van der Waals surface area contributed by atoms with E-state index in [2.05, 4.69) is 30.6 Å². The highest BCUT2D eigenvalue weighted by atomic mass is 35.5. The lowest BCUT2D eigenvalue weighted by molar-refractivity contribution is 0.601. The van der Waals surface area contributed by atoms with E-state index in [0.717, 1.165) is 11.4 Å². The van der Waals surface area contributed by atoms with Gasteiger partial charge in [-0.05, 0) is 68.5 Å². The van der Waals surface area contributed by atoms with Crippen LogP contribution >= 0.6 is 22.9 Å². The van der Waals surface area contributed by atoms with Crippen molar-refractivity contribution in [1.82, 2.24) is 5.32 Å². The molecule has 1 aliphatic rings. The van der Waals surface area contributed by atoms with Crippen molar-refractivity contribution in [2.45, 2.75) is 44.6 Å². The van der Waals surface area contributed by atoms with Gasteiger partial charge in [-0.15, -0.1) is 11.3 Å². The van der Waals surface area contributed by atoms with Crippen LogP contribution in [-0.2, 0) is 19.3 Å². The van der Waals surface area contributed by atoms with Gasteiger partial charge in [-0.25, -0.2) is 0 Å². The Bertz CT molecular complexity index is 582. The summed E-state index contributed by atoms with van der Waals surface area (Å²) in [5.41, 5.74) is 2.89. The molecular weight excluding hydrogens is 298 g/mol. The Morgan fingerprint density at radius 2 is 2.05 bits per heavy atom. The van der Waals surface area contributed by atoms with E-state index in [4.69, 9.17) is 11.6 Å². The first-order chi connectivity index (χ1) is 10.3. The number of halogens is 1. The molecule has 0 radical (unpaired) electrons. The molecule has 1 aromatic heterocycles. The molecule has 0 aliphatic heterocycles. The third kappa shape index (κ3) is 3.68. The number of nitrogens with one attached hydrogen (secondary N) is 1. The second-order valence-electron chi connectivity index (χ2n) is 5.83. The van der Waals surface area contributed by atoms with Gasteiger partial charge in [0, 0.05) is 20.8 Å². The van der Waals surface area contributed by atoms with Crippen molar-refractivity contribution in [3.63, 3.8) is 0 Å². The molecular formula is C18H22ClNS. The zero-order valence-corrected chi connectivity index (χ0v) is 14.1. The molecule has 3 heteroatoms. The van der Waals surface area contributed by atoms with Crippen molar-refractivity contribution in [1.29, 1.82) is 0 Å². The maximum absolute atomic E-state index is 6.10. The van der Waals surface area contributed by atoms with Crippen LogP contribution in [0.5, 0.6) is 0 Å². The summed E-state index contributed by atoms with van der Waals surface area (Å²) in [7, 11) is 2.06. The smallest absolute Gasteiger partial charge is 0.0453 e. The molecule has 2 aromatic rings. The highest BCUT2D eigenvalue weighted by Gasteiger charge is 2.18. The highest BCUT2D eigenvalue weighted by Crippen LogP contribution is 2.33. The zero-order chi connectivity index (χ0) is 14.7. The van der Waals surface area contributed by atoms with Crippen LogP contribution < -0.4 is 5.32 Å². The fourth-order valence-electron chi connectivity index (χ4n) is 3.11. The molecule has 0 saturated heterocycles. The minimum Gasteiger partial charge on any atom is -0.312 e. The minimum atomic E-state index is 0.389. The van der Waals surface area contributed by atoms with Gasteiger partial charge < -0.3 is 5.32 Å². The molecule has 0 amide bonds. The third-order valence-electron chi connectivity index (χ3n) is 4.29. The van der Waals surface area contributed by atoms with Gasteiger partial charge in [0.15, 0.2) is 0 Å². The van der Waals surface area contributed by atoms with Gasteiger partial charge >= 0.3 is 0 Å². The Balaban J connectivity index is 1.80. The van der Waals surface area contributed by atoms with Crippen LogP contribution in [0.3, 0.4) is 0 Å². The van der Waals surface area contributed by atoms with E-state index in [9.17, 15) is 0 Å². The monoisotopic (exact) mass is 319 g/mol. The van der Waals surface area contributed by atoms with Gasteiger partial charge in [-0.1, -0.05) is 30.2 Å². The summed E-state index contributed by atoms with van der Waals surface area (Å²) in [4.78, 5) is 3.10. The van der Waals surface area contributed by atoms with E-state index in [1.165, 1.54) is 42.5 Å². The van der Waals surface area contributed by atoms with E-state index in [0.29, 0.717) is 6.04 Å². The van der Waals surface area contributed by atoms with Crippen LogP contribution in [0.2, 0.25) is 5.02 Å². The Morgan fingerprint density at radius 1 is 1.19 bits per heavy atom. The normalized spacial score (nSPS) is 16.3. The first kappa shape index (κ1) is 15.1. The molecule has 0 spiro atoms. The molecule has 3 rings (SSSR count). The molecule has 0 bridgehead atoms. The molecule has 1 nitrogen and oxygen atoms in total. The van der Waals surface area contributed by atoms with Crippen molar-refractivity contribution >= 4 is 22.9 Å². The average Bonchev–Trinajstić information content (AvgIpc) is 2.75. The molecule has 0 fully saturated rings. The Hall–Kier alpha value is -0.830. The van der Waals surface area contributed by atoms with Crippen LogP contribution in [0.25, 0.3) is 0 Å². The quantitative estimate of drug-likeness (QED) is 0.766. The summed E-state index contributed by atoms with van der Waals surface area (Å²) in [6.07, 6.45) is 7.62. The summed E-state index contributed by atoms with van der Waals surface area (Å²) < 4.78 is 0. The van der Waals surface area contributed by atoms with E-state index in [-0.39, 0.29) is 0 Å². The molecule has 0 saturated carbocycles. The molecule has 112 valence electrons. The van der Waals surface area contributed by atoms with Gasteiger partial charge in [0.2, 0.25) is 0 Å². The highest BCUT2D eigenvalue weighted by molar-refractivity contribution is 7.12. The first-order valence-corrected chi connectivity index (χ1v) is 8.99. The molecule has 1 unspecified atom stereocenters. The lowest BCUT2D eigenvalue weighted by atomic mass is 10.0. The number of hydrogen-bond donors (Lipinski definition) is 1. The summed E-state index contributed by atoms with van der Waals surface area (Å²) in [6, 6.07) is 11.0. The van der Waals surface area contributed by atoms with E-state index in [1.54, 1.807) is 10.4 Å². The molecule has 1 N–H and O–H groups in total. The molecule has 1 aliphatic carbocycles. The number of likely N-dealkylation sites (N-methyl/N-ethyl adjacent to an activating group) is 1. The van der Waals surface area contributed by atoms with E-state index < -0.39 is 0 Å². The third-order valence-corrected chi connectivity index (χ3v) is 5.87. The topological polar surface area (TPSA) is 12.0 Å². The molecule has 1 aromatic carbocycles. The van der Waals surface area contributed by atoms with Gasteiger partial charge in [0.1, 0.15) is 0 Å². The first-order valence-electron chi connectivity index (χ1n) is 7.79. The average molecular weight is 320 g/mol. The fraction of sp³-hybridized carbons (Fsp3) is 0.444. The predicted molar refractivity (Wildman–Crippen MR) is 92.5 cm³/mol. The van der Waals surface area contributed by atoms with Crippen LogP contribution in [-0.4, -0.2) is 7.05 Å². The molecule has 21 heavy (non-hydrogen) atoms. The van der Waals surface area contributed by atoms with Crippen LogP contribution in [0.15, 0.2) is 30.3 Å². The van der Waals surface area contributed by atoms with Gasteiger partial charge in [-0.2, -0.15) is 0 Å². The SMILES string of the molecule is CNC(Cc1cccc(Cl)c1)c1cc2c(s1)CCCCC2. The second-order valence-corrected chi connectivity index (χ2v) is 7.44. The van der Waals surface area contributed by atoms with Crippen molar-refractivity contribution in [3.8, 4) is 0 Å². The van der Waals surface area contributed by atoms with Crippen molar-refractivity contribution in [3.05, 3.63) is 56.2 Å². The maximum atomic E-state index is 6.10.